The second-order valence-corrected chi connectivity index (χ2v) is 6.98. The highest BCUT2D eigenvalue weighted by atomic mass is 35.5. The Bertz CT molecular complexity index is 1210. The molecule has 154 valence electrons. The fraction of sp³-hybridized carbons (Fsp3) is 0. The summed E-state index contributed by atoms with van der Waals surface area (Å²) in [4.78, 5) is 38.5. The summed E-state index contributed by atoms with van der Waals surface area (Å²) in [6.45, 7) is 0. The highest BCUT2D eigenvalue weighted by molar-refractivity contribution is 6.53. The van der Waals surface area contributed by atoms with Gasteiger partial charge in [-0.3, -0.25) is 14.4 Å². The standard InChI is InChI=1S/C23H15ClFN3O3/c24-19-20(23(31)28(22(19)30)16-6-2-1-3-7-16)26-15-12-10-14(11-13-15)21(29)27-18-9-5-4-8-17(18)25/h1-13,26H,(H,27,29). The van der Waals surface area contributed by atoms with Crippen molar-refractivity contribution in [3.05, 3.63) is 101 Å². The minimum absolute atomic E-state index is 0.0564. The van der Waals surface area contributed by atoms with Gasteiger partial charge < -0.3 is 10.6 Å². The zero-order chi connectivity index (χ0) is 22.0. The predicted molar refractivity (Wildman–Crippen MR) is 116 cm³/mol. The SMILES string of the molecule is O=C(Nc1ccccc1F)c1ccc(NC2=C(Cl)C(=O)N(c3ccccc3)C2=O)cc1. The van der Waals surface area contributed by atoms with Gasteiger partial charge in [-0.1, -0.05) is 41.9 Å². The monoisotopic (exact) mass is 435 g/mol. The minimum atomic E-state index is -0.624. The van der Waals surface area contributed by atoms with Gasteiger partial charge in [-0.05, 0) is 48.5 Å². The number of halogens is 2. The molecule has 0 saturated heterocycles. The molecule has 0 bridgehead atoms. The number of para-hydroxylation sites is 2. The number of carbonyl (C=O) groups excluding carboxylic acids is 3. The molecule has 1 heterocycles. The average Bonchev–Trinajstić information content (AvgIpc) is 2.99. The summed E-state index contributed by atoms with van der Waals surface area (Å²) in [5.41, 5.74) is 1.16. The Morgan fingerprint density at radius 3 is 2.16 bits per heavy atom. The van der Waals surface area contributed by atoms with Crippen LogP contribution in [0.4, 0.5) is 21.5 Å². The molecule has 31 heavy (non-hydrogen) atoms. The van der Waals surface area contributed by atoms with E-state index in [1.54, 1.807) is 48.5 Å². The molecule has 0 saturated carbocycles. The molecule has 6 nitrogen and oxygen atoms in total. The summed E-state index contributed by atoms with van der Waals surface area (Å²) in [6.07, 6.45) is 0. The number of amides is 3. The predicted octanol–water partition coefficient (Wildman–Crippen LogP) is 4.51. The van der Waals surface area contributed by atoms with Gasteiger partial charge >= 0.3 is 0 Å². The number of nitrogens with zero attached hydrogens (tertiary/aromatic N) is 1. The molecule has 3 aromatic rings. The number of imide groups is 1. The maximum atomic E-state index is 13.7. The molecule has 0 atom stereocenters. The molecule has 3 aromatic carbocycles. The van der Waals surface area contributed by atoms with Gasteiger partial charge in [0.2, 0.25) is 0 Å². The van der Waals surface area contributed by atoms with E-state index < -0.39 is 23.5 Å². The van der Waals surface area contributed by atoms with Crippen molar-refractivity contribution in [3.63, 3.8) is 0 Å². The van der Waals surface area contributed by atoms with Crippen LogP contribution in [0.2, 0.25) is 0 Å². The fourth-order valence-corrected chi connectivity index (χ4v) is 3.24. The van der Waals surface area contributed by atoms with Crippen molar-refractivity contribution in [2.75, 3.05) is 15.5 Å². The van der Waals surface area contributed by atoms with E-state index >= 15 is 0 Å². The van der Waals surface area contributed by atoms with Gasteiger partial charge in [0.05, 0.1) is 11.4 Å². The summed E-state index contributed by atoms with van der Waals surface area (Å²) in [5, 5.41) is 5.11. The molecule has 8 heteroatoms. The van der Waals surface area contributed by atoms with Gasteiger partial charge in [0.15, 0.2) is 0 Å². The summed E-state index contributed by atoms with van der Waals surface area (Å²) in [6, 6.07) is 20.4. The van der Waals surface area contributed by atoms with Crippen LogP contribution in [0.3, 0.4) is 0 Å². The second kappa shape index (κ2) is 8.41. The summed E-state index contributed by atoms with van der Waals surface area (Å²) in [5.74, 6) is -2.23. The lowest BCUT2D eigenvalue weighted by Gasteiger charge is -2.15. The van der Waals surface area contributed by atoms with Crippen molar-refractivity contribution in [2.24, 2.45) is 0 Å². The maximum Gasteiger partial charge on any atom is 0.283 e. The molecule has 0 aliphatic carbocycles. The lowest BCUT2D eigenvalue weighted by Crippen LogP contribution is -2.32. The van der Waals surface area contributed by atoms with Crippen LogP contribution in [-0.4, -0.2) is 17.7 Å². The summed E-state index contributed by atoms with van der Waals surface area (Å²) in [7, 11) is 0. The Balaban J connectivity index is 1.49. The van der Waals surface area contributed by atoms with Gasteiger partial charge in [0, 0.05) is 11.3 Å². The van der Waals surface area contributed by atoms with Crippen molar-refractivity contribution in [2.45, 2.75) is 0 Å². The molecule has 1 aliphatic rings. The van der Waals surface area contributed by atoms with Crippen LogP contribution in [0.15, 0.2) is 89.6 Å². The Labute approximate surface area is 181 Å². The van der Waals surface area contributed by atoms with Crippen LogP contribution < -0.4 is 15.5 Å². The zero-order valence-electron chi connectivity index (χ0n) is 15.9. The number of anilines is 3. The van der Waals surface area contributed by atoms with Crippen molar-refractivity contribution >= 4 is 46.4 Å². The number of carbonyl (C=O) groups is 3. The smallest absolute Gasteiger partial charge is 0.283 e. The quantitative estimate of drug-likeness (QED) is 0.578. The number of benzene rings is 3. The third-order valence-electron chi connectivity index (χ3n) is 4.58. The molecule has 0 spiro atoms. The van der Waals surface area contributed by atoms with E-state index in [4.69, 9.17) is 11.6 Å². The molecule has 1 aliphatic heterocycles. The van der Waals surface area contributed by atoms with Gasteiger partial charge in [-0.2, -0.15) is 0 Å². The largest absolute Gasteiger partial charge is 0.350 e. The summed E-state index contributed by atoms with van der Waals surface area (Å²) >= 11 is 6.11. The van der Waals surface area contributed by atoms with E-state index in [1.807, 2.05) is 0 Å². The first kappa shape index (κ1) is 20.3. The molecule has 0 radical (unpaired) electrons. The molecule has 0 aromatic heterocycles. The normalized spacial score (nSPS) is 13.5. The lowest BCUT2D eigenvalue weighted by atomic mass is 10.2. The first-order valence-corrected chi connectivity index (χ1v) is 9.60. The van der Waals surface area contributed by atoms with Gasteiger partial charge in [0.1, 0.15) is 16.5 Å². The fourth-order valence-electron chi connectivity index (χ4n) is 3.03. The summed E-state index contributed by atoms with van der Waals surface area (Å²) < 4.78 is 13.7. The maximum absolute atomic E-state index is 13.7. The Morgan fingerprint density at radius 2 is 1.48 bits per heavy atom. The Morgan fingerprint density at radius 1 is 0.839 bits per heavy atom. The molecule has 3 amide bonds. The molecule has 4 rings (SSSR count). The minimum Gasteiger partial charge on any atom is -0.350 e. The van der Waals surface area contributed by atoms with E-state index in [9.17, 15) is 18.8 Å². The Kier molecular flexibility index (Phi) is 5.51. The first-order chi connectivity index (χ1) is 15.0. The van der Waals surface area contributed by atoms with Crippen LogP contribution in [-0.2, 0) is 9.59 Å². The van der Waals surface area contributed by atoms with E-state index in [0.717, 1.165) is 4.90 Å². The van der Waals surface area contributed by atoms with E-state index in [1.165, 1.54) is 30.3 Å². The van der Waals surface area contributed by atoms with E-state index in [2.05, 4.69) is 10.6 Å². The van der Waals surface area contributed by atoms with Crippen LogP contribution in [0.1, 0.15) is 10.4 Å². The highest BCUT2D eigenvalue weighted by Gasteiger charge is 2.38. The van der Waals surface area contributed by atoms with Crippen LogP contribution in [0.5, 0.6) is 0 Å². The molecule has 0 unspecified atom stereocenters. The number of hydrogen-bond acceptors (Lipinski definition) is 4. The van der Waals surface area contributed by atoms with Crippen molar-refractivity contribution in [1.82, 2.24) is 0 Å². The second-order valence-electron chi connectivity index (χ2n) is 6.61. The zero-order valence-corrected chi connectivity index (χ0v) is 16.7. The van der Waals surface area contributed by atoms with Crippen LogP contribution in [0.25, 0.3) is 0 Å². The average molecular weight is 436 g/mol. The van der Waals surface area contributed by atoms with Gasteiger partial charge in [-0.15, -0.1) is 0 Å². The molecular weight excluding hydrogens is 421 g/mol. The third-order valence-corrected chi connectivity index (χ3v) is 4.93. The highest BCUT2D eigenvalue weighted by Crippen LogP contribution is 2.30. The number of rotatable bonds is 5. The van der Waals surface area contributed by atoms with Crippen molar-refractivity contribution in [1.29, 1.82) is 0 Å². The van der Waals surface area contributed by atoms with Gasteiger partial charge in [0.25, 0.3) is 17.7 Å². The molecule has 2 N–H and O–H groups in total. The number of nitrogens with one attached hydrogen (secondary N) is 2. The van der Waals surface area contributed by atoms with Crippen molar-refractivity contribution in [3.8, 4) is 0 Å². The molecule has 0 fully saturated rings. The third kappa shape index (κ3) is 4.04. The van der Waals surface area contributed by atoms with Crippen LogP contribution in [0, 0.1) is 5.82 Å². The number of hydrogen-bond donors (Lipinski definition) is 2. The van der Waals surface area contributed by atoms with Gasteiger partial charge in [-0.25, -0.2) is 9.29 Å². The van der Waals surface area contributed by atoms with Crippen LogP contribution >= 0.6 is 11.6 Å². The first-order valence-electron chi connectivity index (χ1n) is 9.22. The van der Waals surface area contributed by atoms with E-state index in [-0.39, 0.29) is 22.0 Å². The molecular formula is C23H15ClFN3O3. The van der Waals surface area contributed by atoms with Crippen molar-refractivity contribution < 1.29 is 18.8 Å². The van der Waals surface area contributed by atoms with E-state index in [0.29, 0.717) is 11.4 Å². The lowest BCUT2D eigenvalue weighted by molar-refractivity contribution is -0.120. The Hall–Kier alpha value is -3.97. The topological polar surface area (TPSA) is 78.5 Å².